The Bertz CT molecular complexity index is 690. The van der Waals surface area contributed by atoms with Crippen LogP contribution in [0.25, 0.3) is 11.0 Å². The van der Waals surface area contributed by atoms with Crippen molar-refractivity contribution in [1.82, 2.24) is 9.13 Å². The maximum Gasteiger partial charge on any atom is 0.329 e. The third kappa shape index (κ3) is 1.49. The van der Waals surface area contributed by atoms with Crippen molar-refractivity contribution in [1.29, 1.82) is 10.5 Å². The lowest BCUT2D eigenvalue weighted by atomic mass is 10.1. The van der Waals surface area contributed by atoms with Crippen LogP contribution in [0.4, 0.5) is 0 Å². The Hall–Kier alpha value is -2.53. The molecule has 0 aliphatic carbocycles. The largest absolute Gasteiger partial charge is 0.329 e. The van der Waals surface area contributed by atoms with Gasteiger partial charge in [-0.25, -0.2) is 4.79 Å². The van der Waals surface area contributed by atoms with Gasteiger partial charge in [0.25, 0.3) is 0 Å². The number of hydrogen-bond acceptors (Lipinski definition) is 3. The summed E-state index contributed by atoms with van der Waals surface area (Å²) in [6.07, 6.45) is 0. The van der Waals surface area contributed by atoms with Gasteiger partial charge in [0.05, 0.1) is 22.2 Å². The number of aryl methyl sites for hydroxylation is 2. The summed E-state index contributed by atoms with van der Waals surface area (Å²) in [5, 5.41) is 18.0. The predicted octanol–water partition coefficient (Wildman–Crippen LogP) is 1.59. The smallest absolute Gasteiger partial charge is 0.292 e. The van der Waals surface area contributed by atoms with Crippen molar-refractivity contribution in [3.63, 3.8) is 0 Å². The van der Waals surface area contributed by atoms with Crippen LogP contribution in [0.1, 0.15) is 25.0 Å². The van der Waals surface area contributed by atoms with Gasteiger partial charge in [0.1, 0.15) is 12.1 Å². The molecule has 0 fully saturated rings. The molecule has 0 atom stereocenters. The van der Waals surface area contributed by atoms with E-state index in [-0.39, 0.29) is 5.69 Å². The van der Waals surface area contributed by atoms with E-state index in [0.29, 0.717) is 35.2 Å². The second kappa shape index (κ2) is 4.38. The van der Waals surface area contributed by atoms with E-state index in [1.165, 1.54) is 0 Å². The van der Waals surface area contributed by atoms with E-state index >= 15 is 0 Å². The summed E-state index contributed by atoms with van der Waals surface area (Å²) in [5.41, 5.74) is 1.93. The van der Waals surface area contributed by atoms with Crippen molar-refractivity contribution in [3.8, 4) is 12.1 Å². The summed E-state index contributed by atoms with van der Waals surface area (Å²) < 4.78 is 3.22. The van der Waals surface area contributed by atoms with Crippen molar-refractivity contribution in [2.24, 2.45) is 0 Å². The number of imidazole rings is 1. The molecule has 0 saturated carbocycles. The van der Waals surface area contributed by atoms with Gasteiger partial charge in [-0.1, -0.05) is 0 Å². The van der Waals surface area contributed by atoms with Gasteiger partial charge in [-0.05, 0) is 26.0 Å². The van der Waals surface area contributed by atoms with E-state index in [1.54, 1.807) is 21.3 Å². The fourth-order valence-corrected chi connectivity index (χ4v) is 2.16. The third-order valence-electron chi connectivity index (χ3n) is 3.03. The van der Waals surface area contributed by atoms with Crippen molar-refractivity contribution in [3.05, 3.63) is 33.7 Å². The molecule has 18 heavy (non-hydrogen) atoms. The maximum atomic E-state index is 12.1. The van der Waals surface area contributed by atoms with Crippen molar-refractivity contribution < 1.29 is 0 Å². The number of nitriles is 2. The molecule has 5 nitrogen and oxygen atoms in total. The molecule has 2 rings (SSSR count). The van der Waals surface area contributed by atoms with E-state index in [1.807, 2.05) is 26.0 Å². The SMILES string of the molecule is CCn1c(=O)n(CC)c2cc(C#N)c(C#N)cc21. The standard InChI is InChI=1S/C13H12N4O/c1-3-16-11-5-9(7-14)10(8-15)6-12(11)17(4-2)13(16)18/h5-6H,3-4H2,1-2H3. The van der Waals surface area contributed by atoms with Gasteiger partial charge in [0, 0.05) is 13.1 Å². The highest BCUT2D eigenvalue weighted by Gasteiger charge is 2.14. The van der Waals surface area contributed by atoms with Crippen LogP contribution < -0.4 is 5.69 Å². The van der Waals surface area contributed by atoms with Crippen molar-refractivity contribution in [2.75, 3.05) is 0 Å². The monoisotopic (exact) mass is 240 g/mol. The van der Waals surface area contributed by atoms with E-state index in [4.69, 9.17) is 10.5 Å². The van der Waals surface area contributed by atoms with Gasteiger partial charge in [-0.3, -0.25) is 9.13 Å². The Balaban J connectivity index is 2.99. The summed E-state index contributed by atoms with van der Waals surface area (Å²) in [5.74, 6) is 0. The first-order valence-electron chi connectivity index (χ1n) is 5.75. The Kier molecular flexibility index (Phi) is 2.91. The Morgan fingerprint density at radius 2 is 1.39 bits per heavy atom. The van der Waals surface area contributed by atoms with Gasteiger partial charge in [-0.15, -0.1) is 0 Å². The number of fused-ring (bicyclic) bond motifs is 1. The average molecular weight is 240 g/mol. The molecule has 90 valence electrons. The Morgan fingerprint density at radius 1 is 1.00 bits per heavy atom. The van der Waals surface area contributed by atoms with E-state index < -0.39 is 0 Å². The fraction of sp³-hybridized carbons (Fsp3) is 0.308. The first-order valence-corrected chi connectivity index (χ1v) is 5.75. The van der Waals surface area contributed by atoms with Gasteiger partial charge < -0.3 is 0 Å². The van der Waals surface area contributed by atoms with Crippen LogP contribution in [0.2, 0.25) is 0 Å². The van der Waals surface area contributed by atoms with Gasteiger partial charge in [0.2, 0.25) is 0 Å². The highest BCUT2D eigenvalue weighted by atomic mass is 16.1. The first kappa shape index (κ1) is 11.9. The molecule has 1 heterocycles. The Labute approximate surface area is 104 Å². The molecule has 0 unspecified atom stereocenters. The third-order valence-corrected chi connectivity index (χ3v) is 3.03. The van der Waals surface area contributed by atoms with Crippen LogP contribution in [0, 0.1) is 22.7 Å². The number of nitrogens with zero attached hydrogens (tertiary/aromatic N) is 4. The molecule has 2 aromatic rings. The topological polar surface area (TPSA) is 74.5 Å². The fourth-order valence-electron chi connectivity index (χ4n) is 2.16. The molecular weight excluding hydrogens is 228 g/mol. The average Bonchev–Trinajstić information content (AvgIpc) is 2.66. The zero-order valence-corrected chi connectivity index (χ0v) is 10.3. The Morgan fingerprint density at radius 3 is 1.67 bits per heavy atom. The quantitative estimate of drug-likeness (QED) is 0.799. The number of benzene rings is 1. The molecule has 0 radical (unpaired) electrons. The van der Waals surface area contributed by atoms with Crippen LogP contribution in [0.3, 0.4) is 0 Å². The molecule has 0 saturated heterocycles. The van der Waals surface area contributed by atoms with Crippen LogP contribution in [0.5, 0.6) is 0 Å². The minimum Gasteiger partial charge on any atom is -0.292 e. The highest BCUT2D eigenvalue weighted by molar-refractivity contribution is 5.80. The molecule has 5 heteroatoms. The lowest BCUT2D eigenvalue weighted by Crippen LogP contribution is -2.23. The highest BCUT2D eigenvalue weighted by Crippen LogP contribution is 2.19. The maximum absolute atomic E-state index is 12.1. The second-order valence-corrected chi connectivity index (χ2v) is 3.88. The summed E-state index contributed by atoms with van der Waals surface area (Å²) in [7, 11) is 0. The van der Waals surface area contributed by atoms with E-state index in [0.717, 1.165) is 0 Å². The number of hydrogen-bond donors (Lipinski definition) is 0. The minimum absolute atomic E-state index is 0.103. The summed E-state index contributed by atoms with van der Waals surface area (Å²) in [6, 6.07) is 7.21. The molecule has 0 aliphatic rings. The molecular formula is C13H12N4O. The lowest BCUT2D eigenvalue weighted by molar-refractivity contribution is 0.671. The van der Waals surface area contributed by atoms with Crippen LogP contribution in [0.15, 0.2) is 16.9 Å². The molecule has 0 aliphatic heterocycles. The summed E-state index contributed by atoms with van der Waals surface area (Å²) in [4.78, 5) is 12.1. The zero-order valence-electron chi connectivity index (χ0n) is 10.3. The van der Waals surface area contributed by atoms with Gasteiger partial charge >= 0.3 is 5.69 Å². The molecule has 1 aromatic carbocycles. The predicted molar refractivity (Wildman–Crippen MR) is 67.0 cm³/mol. The first-order chi connectivity index (χ1) is 8.67. The molecule has 0 spiro atoms. The van der Waals surface area contributed by atoms with E-state index in [9.17, 15) is 4.79 Å². The molecule has 0 N–H and O–H groups in total. The molecule has 0 bridgehead atoms. The van der Waals surface area contributed by atoms with Crippen molar-refractivity contribution in [2.45, 2.75) is 26.9 Å². The van der Waals surface area contributed by atoms with Gasteiger partial charge in [-0.2, -0.15) is 10.5 Å². The lowest BCUT2D eigenvalue weighted by Gasteiger charge is -2.00. The van der Waals surface area contributed by atoms with Crippen LogP contribution in [-0.2, 0) is 13.1 Å². The number of aromatic nitrogens is 2. The zero-order chi connectivity index (χ0) is 13.3. The molecule has 1 aromatic heterocycles. The minimum atomic E-state index is -0.103. The van der Waals surface area contributed by atoms with Gasteiger partial charge in [0.15, 0.2) is 0 Å². The van der Waals surface area contributed by atoms with Crippen LogP contribution in [-0.4, -0.2) is 9.13 Å². The number of rotatable bonds is 2. The molecule has 0 amide bonds. The summed E-state index contributed by atoms with van der Waals surface area (Å²) in [6.45, 7) is 4.84. The van der Waals surface area contributed by atoms with Crippen LogP contribution >= 0.6 is 0 Å². The second-order valence-electron chi connectivity index (χ2n) is 3.88. The normalized spacial score (nSPS) is 10.2. The van der Waals surface area contributed by atoms with E-state index in [2.05, 4.69) is 0 Å². The van der Waals surface area contributed by atoms with Crippen molar-refractivity contribution >= 4 is 11.0 Å². The summed E-state index contributed by atoms with van der Waals surface area (Å²) >= 11 is 0.